The number of benzene rings is 1. The molecule has 2 aliphatic carbocycles. The summed E-state index contributed by atoms with van der Waals surface area (Å²) in [6.45, 7) is 2.93. The van der Waals surface area contributed by atoms with Gasteiger partial charge in [-0.1, -0.05) is 45.4 Å². The van der Waals surface area contributed by atoms with Crippen molar-refractivity contribution < 1.29 is 33.2 Å². The highest BCUT2D eigenvalue weighted by Gasteiger charge is 2.65. The molecule has 1 amide bonds. The lowest BCUT2D eigenvalue weighted by molar-refractivity contribution is -0.246. The van der Waals surface area contributed by atoms with Gasteiger partial charge >= 0.3 is 0 Å². The summed E-state index contributed by atoms with van der Waals surface area (Å²) in [6, 6.07) is 7.53. The topological polar surface area (TPSA) is 84.5 Å². The molecule has 0 aromatic heterocycles. The van der Waals surface area contributed by atoms with Crippen LogP contribution in [-0.2, 0) is 28.5 Å². The SMILES string of the molecule is CCCCCCCOc1ccc(NC(=O)[C@@H]2O[C@@H]3OC4(CCCCC4)O[C@@H]3[C@H]3OC4(CCCCC4)O[C@@H]32)cc1. The lowest BCUT2D eigenvalue weighted by Gasteiger charge is -2.36. The van der Waals surface area contributed by atoms with Gasteiger partial charge in [-0.3, -0.25) is 4.79 Å². The van der Waals surface area contributed by atoms with Gasteiger partial charge in [-0.25, -0.2) is 0 Å². The summed E-state index contributed by atoms with van der Waals surface area (Å²) < 4.78 is 38.4. The molecule has 8 heteroatoms. The Morgan fingerprint density at radius 2 is 1.41 bits per heavy atom. The Kier molecular flexibility index (Phi) is 8.47. The van der Waals surface area contributed by atoms with Crippen molar-refractivity contribution in [3.63, 3.8) is 0 Å². The van der Waals surface area contributed by atoms with Gasteiger partial charge in [-0.15, -0.1) is 0 Å². The van der Waals surface area contributed by atoms with Crippen molar-refractivity contribution in [3.05, 3.63) is 24.3 Å². The molecule has 2 saturated carbocycles. The van der Waals surface area contributed by atoms with Crippen LogP contribution < -0.4 is 10.1 Å². The van der Waals surface area contributed by atoms with Crippen LogP contribution in [0.25, 0.3) is 0 Å². The maximum Gasteiger partial charge on any atom is 0.256 e. The van der Waals surface area contributed by atoms with Crippen LogP contribution in [0, 0.1) is 0 Å². The van der Waals surface area contributed by atoms with E-state index < -0.39 is 42.3 Å². The number of carbonyl (C=O) groups excluding carboxylic acids is 1. The van der Waals surface area contributed by atoms with Gasteiger partial charge in [0.05, 0.1) is 6.61 Å². The fourth-order valence-electron chi connectivity index (χ4n) is 6.91. The molecule has 3 heterocycles. The summed E-state index contributed by atoms with van der Waals surface area (Å²) in [4.78, 5) is 13.6. The van der Waals surface area contributed by atoms with Crippen molar-refractivity contribution in [1.82, 2.24) is 0 Å². The van der Waals surface area contributed by atoms with Crippen LogP contribution in [0.15, 0.2) is 24.3 Å². The Balaban J connectivity index is 1.11. The van der Waals surface area contributed by atoms with Crippen LogP contribution in [0.2, 0.25) is 0 Å². The molecule has 5 fully saturated rings. The maximum absolute atomic E-state index is 13.6. The zero-order valence-electron chi connectivity index (χ0n) is 23.4. The highest BCUT2D eigenvalue weighted by atomic mass is 16.9. The molecular formula is C31H45NO7. The van der Waals surface area contributed by atoms with Gasteiger partial charge in [-0.2, -0.15) is 0 Å². The number of amides is 1. The second kappa shape index (κ2) is 12.0. The molecule has 2 spiro atoms. The predicted molar refractivity (Wildman–Crippen MR) is 145 cm³/mol. The van der Waals surface area contributed by atoms with Gasteiger partial charge in [-0.05, 0) is 56.4 Å². The summed E-state index contributed by atoms with van der Waals surface area (Å²) in [5.41, 5.74) is 0.691. The minimum Gasteiger partial charge on any atom is -0.494 e. The number of rotatable bonds is 9. The Morgan fingerprint density at radius 1 is 0.795 bits per heavy atom. The lowest BCUT2D eigenvalue weighted by Crippen LogP contribution is -2.58. The number of fused-ring (bicyclic) bond motifs is 3. The average molecular weight is 544 g/mol. The van der Waals surface area contributed by atoms with Crippen molar-refractivity contribution in [1.29, 1.82) is 0 Å². The van der Waals surface area contributed by atoms with Gasteiger partial charge < -0.3 is 33.7 Å². The number of carbonyl (C=O) groups is 1. The molecule has 0 bridgehead atoms. The molecular weight excluding hydrogens is 498 g/mol. The summed E-state index contributed by atoms with van der Waals surface area (Å²) >= 11 is 0. The average Bonchev–Trinajstić information content (AvgIpc) is 3.49. The molecule has 6 rings (SSSR count). The van der Waals surface area contributed by atoms with E-state index in [4.69, 9.17) is 28.4 Å². The summed E-state index contributed by atoms with van der Waals surface area (Å²) in [6.07, 6.45) is 13.2. The van der Waals surface area contributed by atoms with Crippen molar-refractivity contribution in [2.45, 2.75) is 146 Å². The Bertz CT molecular complexity index is 956. The third-order valence-corrected chi connectivity index (χ3v) is 9.01. The Hall–Kier alpha value is -1.71. The summed E-state index contributed by atoms with van der Waals surface area (Å²) in [5.74, 6) is -0.744. The molecule has 3 aliphatic heterocycles. The molecule has 5 atom stereocenters. The summed E-state index contributed by atoms with van der Waals surface area (Å²) in [7, 11) is 0. The number of hydrogen-bond donors (Lipinski definition) is 1. The first-order valence-electron chi connectivity index (χ1n) is 15.5. The van der Waals surface area contributed by atoms with Crippen molar-refractivity contribution in [2.75, 3.05) is 11.9 Å². The number of anilines is 1. The van der Waals surface area contributed by atoms with E-state index in [9.17, 15) is 4.79 Å². The zero-order chi connectivity index (χ0) is 26.7. The summed E-state index contributed by atoms with van der Waals surface area (Å²) in [5, 5.41) is 3.03. The number of ether oxygens (including phenoxy) is 6. The van der Waals surface area contributed by atoms with Crippen molar-refractivity contribution in [2.24, 2.45) is 0 Å². The molecule has 0 radical (unpaired) electrons. The van der Waals surface area contributed by atoms with Crippen LogP contribution in [-0.4, -0.2) is 54.8 Å². The predicted octanol–water partition coefficient (Wildman–Crippen LogP) is 6.22. The van der Waals surface area contributed by atoms with E-state index in [0.29, 0.717) is 12.3 Å². The number of nitrogens with one attached hydrogen (secondary N) is 1. The molecule has 3 saturated heterocycles. The van der Waals surface area contributed by atoms with Gasteiger partial charge in [0.2, 0.25) is 0 Å². The van der Waals surface area contributed by atoms with Gasteiger partial charge in [0.1, 0.15) is 24.1 Å². The first-order chi connectivity index (χ1) is 19.1. The molecule has 8 nitrogen and oxygen atoms in total. The van der Waals surface area contributed by atoms with Crippen LogP contribution in [0.3, 0.4) is 0 Å². The largest absolute Gasteiger partial charge is 0.494 e. The van der Waals surface area contributed by atoms with Crippen LogP contribution in [0.4, 0.5) is 5.69 Å². The normalized spacial score (nSPS) is 32.6. The minimum atomic E-state index is -0.848. The zero-order valence-corrected chi connectivity index (χ0v) is 23.4. The van der Waals surface area contributed by atoms with Crippen molar-refractivity contribution in [3.8, 4) is 5.75 Å². The highest BCUT2D eigenvalue weighted by molar-refractivity contribution is 5.94. The lowest BCUT2D eigenvalue weighted by atomic mass is 9.94. The minimum absolute atomic E-state index is 0.252. The first kappa shape index (κ1) is 27.5. The monoisotopic (exact) mass is 543 g/mol. The molecule has 0 unspecified atom stereocenters. The Labute approximate surface area is 232 Å². The van der Waals surface area contributed by atoms with E-state index in [1.807, 2.05) is 24.3 Å². The van der Waals surface area contributed by atoms with E-state index in [0.717, 1.165) is 63.5 Å². The molecule has 1 aromatic rings. The van der Waals surface area contributed by atoms with E-state index in [2.05, 4.69) is 12.2 Å². The fourth-order valence-corrected chi connectivity index (χ4v) is 6.91. The molecule has 39 heavy (non-hydrogen) atoms. The van der Waals surface area contributed by atoms with Crippen LogP contribution in [0.5, 0.6) is 5.75 Å². The smallest absolute Gasteiger partial charge is 0.256 e. The van der Waals surface area contributed by atoms with E-state index in [1.165, 1.54) is 38.5 Å². The molecule has 1 N–H and O–H groups in total. The third kappa shape index (κ3) is 6.01. The second-order valence-corrected chi connectivity index (χ2v) is 12.0. The van der Waals surface area contributed by atoms with Gasteiger partial charge in [0.15, 0.2) is 24.0 Å². The number of unbranched alkanes of at least 4 members (excludes halogenated alkanes) is 4. The molecule has 5 aliphatic rings. The van der Waals surface area contributed by atoms with E-state index >= 15 is 0 Å². The van der Waals surface area contributed by atoms with Crippen molar-refractivity contribution >= 4 is 11.6 Å². The van der Waals surface area contributed by atoms with Gasteiger partial charge in [0.25, 0.3) is 5.91 Å². The molecule has 1 aromatic carbocycles. The van der Waals surface area contributed by atoms with Crippen LogP contribution >= 0.6 is 0 Å². The van der Waals surface area contributed by atoms with Crippen LogP contribution in [0.1, 0.15) is 103 Å². The Morgan fingerprint density at radius 3 is 2.10 bits per heavy atom. The maximum atomic E-state index is 13.6. The van der Waals surface area contributed by atoms with E-state index in [-0.39, 0.29) is 5.91 Å². The first-order valence-corrected chi connectivity index (χ1v) is 15.5. The highest BCUT2D eigenvalue weighted by Crippen LogP contribution is 2.51. The third-order valence-electron chi connectivity index (χ3n) is 9.01. The second-order valence-electron chi connectivity index (χ2n) is 12.0. The fraction of sp³-hybridized carbons (Fsp3) is 0.774. The van der Waals surface area contributed by atoms with E-state index in [1.54, 1.807) is 0 Å². The number of hydrogen-bond acceptors (Lipinski definition) is 7. The van der Waals surface area contributed by atoms with Gasteiger partial charge in [0, 0.05) is 31.4 Å². The quantitative estimate of drug-likeness (QED) is 0.370. The molecule has 216 valence electrons. The standard InChI is InChI=1S/C31H45NO7/c1-2-3-4-5-12-21-34-23-15-13-22(14-16-23)32-28(33)26-24-25(37-30(36-24)17-8-6-9-18-30)27-29(35-26)39-31(38-27)19-10-7-11-20-31/h13-16,24-27,29H,2-12,17-21H2,1H3,(H,32,33)/t24-,25-,26+,27+,29+/m0/s1.